The summed E-state index contributed by atoms with van der Waals surface area (Å²) in [6.45, 7) is 7.31. The van der Waals surface area contributed by atoms with Gasteiger partial charge in [-0.1, -0.05) is 30.0 Å². The number of nitrogens with two attached hydrogens (primary N) is 1. The van der Waals surface area contributed by atoms with Crippen molar-refractivity contribution in [2.24, 2.45) is 0 Å². The highest BCUT2D eigenvalue weighted by atomic mass is 15.1. The van der Waals surface area contributed by atoms with E-state index >= 15 is 0 Å². The first-order valence-electron chi connectivity index (χ1n) is 8.04. The van der Waals surface area contributed by atoms with Gasteiger partial charge in [0.2, 0.25) is 0 Å². The number of rotatable bonds is 3. The van der Waals surface area contributed by atoms with E-state index in [-0.39, 0.29) is 0 Å². The van der Waals surface area contributed by atoms with Gasteiger partial charge >= 0.3 is 0 Å². The summed E-state index contributed by atoms with van der Waals surface area (Å²) in [6.07, 6.45) is 5.14. The highest BCUT2D eigenvalue weighted by Gasteiger charge is 2.25. The Balaban J connectivity index is 2.10. The van der Waals surface area contributed by atoms with E-state index in [9.17, 15) is 0 Å². The molecular weight excluding hydrogens is 258 g/mol. The Bertz CT molecular complexity index is 628. The van der Waals surface area contributed by atoms with Crippen LogP contribution in [0.3, 0.4) is 0 Å². The number of nitrogen functional groups attached to an aromatic ring is 1. The molecule has 112 valence electrons. The van der Waals surface area contributed by atoms with Crippen LogP contribution in [-0.4, -0.2) is 9.55 Å². The van der Waals surface area contributed by atoms with Crippen molar-refractivity contribution >= 4 is 5.82 Å². The fourth-order valence-corrected chi connectivity index (χ4v) is 3.64. The van der Waals surface area contributed by atoms with E-state index in [2.05, 4.69) is 43.5 Å². The Kier molecular flexibility index (Phi) is 3.75. The van der Waals surface area contributed by atoms with E-state index in [1.165, 1.54) is 42.6 Å². The Morgan fingerprint density at radius 2 is 1.76 bits per heavy atom. The van der Waals surface area contributed by atoms with E-state index in [1.807, 2.05) is 0 Å². The van der Waals surface area contributed by atoms with Crippen LogP contribution in [-0.2, 0) is 6.54 Å². The van der Waals surface area contributed by atoms with Crippen LogP contribution in [0, 0.1) is 13.8 Å². The fraction of sp³-hybridized carbons (Fsp3) is 0.500. The summed E-state index contributed by atoms with van der Waals surface area (Å²) in [5, 5.41) is 0. The quantitative estimate of drug-likeness (QED) is 0.905. The number of anilines is 1. The lowest BCUT2D eigenvalue weighted by molar-refractivity contribution is 0.604. The molecule has 0 aliphatic heterocycles. The first-order chi connectivity index (χ1) is 10.1. The van der Waals surface area contributed by atoms with Crippen molar-refractivity contribution in [2.75, 3.05) is 5.73 Å². The normalized spacial score (nSPS) is 15.8. The Morgan fingerprint density at radius 3 is 2.33 bits per heavy atom. The molecule has 1 aromatic carbocycles. The summed E-state index contributed by atoms with van der Waals surface area (Å²) in [6, 6.07) is 6.56. The lowest BCUT2D eigenvalue weighted by Crippen LogP contribution is -2.08. The molecule has 3 nitrogen and oxygen atoms in total. The maximum absolute atomic E-state index is 6.41. The summed E-state index contributed by atoms with van der Waals surface area (Å²) in [4.78, 5) is 4.95. The van der Waals surface area contributed by atoms with Crippen molar-refractivity contribution < 1.29 is 0 Å². The summed E-state index contributed by atoms with van der Waals surface area (Å²) >= 11 is 0. The molecule has 1 fully saturated rings. The lowest BCUT2D eigenvalue weighted by Gasteiger charge is -2.11. The molecule has 1 aliphatic carbocycles. The zero-order chi connectivity index (χ0) is 15.0. The van der Waals surface area contributed by atoms with Gasteiger partial charge < -0.3 is 10.3 Å². The van der Waals surface area contributed by atoms with Gasteiger partial charge in [-0.05, 0) is 45.7 Å². The van der Waals surface area contributed by atoms with Gasteiger partial charge in [0.25, 0.3) is 0 Å². The predicted octanol–water partition coefficient (Wildman–Crippen LogP) is 4.43. The Labute approximate surface area is 127 Å². The molecule has 2 aromatic rings. The van der Waals surface area contributed by atoms with Crippen LogP contribution in [0.2, 0.25) is 0 Å². The molecule has 1 aliphatic rings. The molecule has 1 saturated carbocycles. The van der Waals surface area contributed by atoms with Crippen LogP contribution in [0.25, 0.3) is 11.3 Å². The molecular formula is C18H25N3. The maximum atomic E-state index is 6.41. The molecule has 0 bridgehead atoms. The number of benzene rings is 1. The smallest absolute Gasteiger partial charge is 0.131 e. The molecule has 1 aromatic heterocycles. The van der Waals surface area contributed by atoms with E-state index in [0.29, 0.717) is 5.92 Å². The van der Waals surface area contributed by atoms with E-state index in [1.54, 1.807) is 0 Å². The van der Waals surface area contributed by atoms with Crippen molar-refractivity contribution in [3.8, 4) is 11.3 Å². The largest absolute Gasteiger partial charge is 0.383 e. The van der Waals surface area contributed by atoms with Gasteiger partial charge in [-0.15, -0.1) is 0 Å². The van der Waals surface area contributed by atoms with E-state index in [0.717, 1.165) is 23.6 Å². The summed E-state index contributed by atoms with van der Waals surface area (Å²) in [5.74, 6) is 2.61. The van der Waals surface area contributed by atoms with Gasteiger partial charge in [0.05, 0.1) is 0 Å². The summed E-state index contributed by atoms with van der Waals surface area (Å²) in [5.41, 5.74) is 11.1. The minimum atomic E-state index is 0.590. The minimum absolute atomic E-state index is 0.590. The third-order valence-corrected chi connectivity index (χ3v) is 4.57. The van der Waals surface area contributed by atoms with Crippen molar-refractivity contribution in [2.45, 2.75) is 58.9 Å². The summed E-state index contributed by atoms with van der Waals surface area (Å²) < 4.78 is 2.21. The fourth-order valence-electron chi connectivity index (χ4n) is 3.64. The van der Waals surface area contributed by atoms with Crippen LogP contribution >= 0.6 is 0 Å². The average molecular weight is 283 g/mol. The molecule has 0 atom stereocenters. The van der Waals surface area contributed by atoms with Crippen LogP contribution in [0.4, 0.5) is 5.82 Å². The van der Waals surface area contributed by atoms with Crippen molar-refractivity contribution in [3.05, 3.63) is 35.2 Å². The molecule has 3 rings (SSSR count). The molecule has 3 heteroatoms. The van der Waals surface area contributed by atoms with Crippen molar-refractivity contribution in [1.29, 1.82) is 0 Å². The third kappa shape index (κ3) is 2.57. The minimum Gasteiger partial charge on any atom is -0.383 e. The molecule has 0 spiro atoms. The molecule has 0 amide bonds. The number of imidazole rings is 1. The molecule has 2 N–H and O–H groups in total. The van der Waals surface area contributed by atoms with Crippen molar-refractivity contribution in [3.63, 3.8) is 0 Å². The Hall–Kier alpha value is -1.77. The average Bonchev–Trinajstić information content (AvgIpc) is 3.04. The molecule has 0 unspecified atom stereocenters. The van der Waals surface area contributed by atoms with Crippen LogP contribution in [0.1, 0.15) is 55.5 Å². The van der Waals surface area contributed by atoms with Gasteiger partial charge in [-0.25, -0.2) is 4.98 Å². The van der Waals surface area contributed by atoms with Crippen molar-refractivity contribution in [1.82, 2.24) is 9.55 Å². The van der Waals surface area contributed by atoms with Crippen LogP contribution in [0.15, 0.2) is 18.2 Å². The second-order valence-corrected chi connectivity index (χ2v) is 6.31. The number of hydrogen-bond donors (Lipinski definition) is 1. The lowest BCUT2D eigenvalue weighted by atomic mass is 10.1. The van der Waals surface area contributed by atoms with Gasteiger partial charge in [0, 0.05) is 18.0 Å². The van der Waals surface area contributed by atoms with Gasteiger partial charge in [-0.3, -0.25) is 0 Å². The first kappa shape index (κ1) is 14.2. The zero-order valence-electron chi connectivity index (χ0n) is 13.3. The number of nitrogens with zero attached hydrogens (tertiary/aromatic N) is 2. The zero-order valence-corrected chi connectivity index (χ0v) is 13.3. The predicted molar refractivity (Wildman–Crippen MR) is 88.4 cm³/mol. The second kappa shape index (κ2) is 5.55. The molecule has 0 saturated heterocycles. The van der Waals surface area contributed by atoms with Gasteiger partial charge in [-0.2, -0.15) is 0 Å². The first-order valence-corrected chi connectivity index (χ1v) is 8.04. The molecule has 21 heavy (non-hydrogen) atoms. The van der Waals surface area contributed by atoms with Crippen LogP contribution < -0.4 is 5.73 Å². The SMILES string of the molecule is CCn1c(C2CCCC2)nc(-c2cc(C)cc(C)c2)c1N. The molecule has 0 radical (unpaired) electrons. The monoisotopic (exact) mass is 283 g/mol. The van der Waals surface area contributed by atoms with Gasteiger partial charge in [0.15, 0.2) is 0 Å². The van der Waals surface area contributed by atoms with E-state index in [4.69, 9.17) is 10.7 Å². The maximum Gasteiger partial charge on any atom is 0.131 e. The topological polar surface area (TPSA) is 43.8 Å². The second-order valence-electron chi connectivity index (χ2n) is 6.31. The number of aryl methyl sites for hydroxylation is 2. The van der Waals surface area contributed by atoms with Crippen LogP contribution in [0.5, 0.6) is 0 Å². The third-order valence-electron chi connectivity index (χ3n) is 4.57. The van der Waals surface area contributed by atoms with E-state index < -0.39 is 0 Å². The van der Waals surface area contributed by atoms with Gasteiger partial charge in [0.1, 0.15) is 17.3 Å². The summed E-state index contributed by atoms with van der Waals surface area (Å²) in [7, 11) is 0. The number of aromatic nitrogens is 2. The highest BCUT2D eigenvalue weighted by molar-refractivity contribution is 5.72. The highest BCUT2D eigenvalue weighted by Crippen LogP contribution is 2.37. The number of hydrogen-bond acceptors (Lipinski definition) is 2. The standard InChI is InChI=1S/C18H25N3/c1-4-21-17(19)16(15-10-12(2)9-13(3)11-15)20-18(21)14-7-5-6-8-14/h9-11,14H,4-8,19H2,1-3H3. The molecule has 1 heterocycles. The Morgan fingerprint density at radius 1 is 1.14 bits per heavy atom.